The Hall–Kier alpha value is -2.98. The average Bonchev–Trinajstić information content (AvgIpc) is 3.34. The number of nitrogen functional groups attached to an aromatic ring is 1. The smallest absolute Gasteiger partial charge is 0.272 e. The van der Waals surface area contributed by atoms with Gasteiger partial charge in [-0.25, -0.2) is 0 Å². The third-order valence-corrected chi connectivity index (χ3v) is 5.75. The monoisotopic (exact) mass is 431 g/mol. The number of anilines is 2. The lowest BCUT2D eigenvalue weighted by molar-refractivity contribution is -0.120. The molecule has 1 saturated heterocycles. The van der Waals surface area contributed by atoms with E-state index in [4.69, 9.17) is 16.2 Å². The molecule has 160 valence electrons. The normalized spacial score (nSPS) is 15.7. The lowest BCUT2D eigenvalue weighted by Crippen LogP contribution is -2.43. The van der Waals surface area contributed by atoms with E-state index in [9.17, 15) is 14.4 Å². The molecule has 3 amide bonds. The predicted octanol–water partition coefficient (Wildman–Crippen LogP) is 1.38. The summed E-state index contributed by atoms with van der Waals surface area (Å²) < 4.78 is 9.42. The van der Waals surface area contributed by atoms with E-state index in [0.717, 1.165) is 35.5 Å². The van der Waals surface area contributed by atoms with Gasteiger partial charge in [0.2, 0.25) is 5.91 Å². The molecule has 1 aromatic carbocycles. The fraction of sp³-hybridized carbons (Fsp3) is 0.400. The SMILES string of the molecule is Cc1ccc(N(CC(=O)NCC2CCCO2)C(=O)c2snc(C(N)=O)c2N)c(C)c1. The number of hydrogen-bond donors (Lipinski definition) is 3. The zero-order valence-electron chi connectivity index (χ0n) is 16.9. The Labute approximate surface area is 178 Å². The second-order valence-corrected chi connectivity index (χ2v) is 8.03. The molecule has 30 heavy (non-hydrogen) atoms. The molecule has 0 bridgehead atoms. The summed E-state index contributed by atoms with van der Waals surface area (Å²) in [6.45, 7) is 4.68. The molecular formula is C20H25N5O4S. The van der Waals surface area contributed by atoms with Crippen LogP contribution in [0, 0.1) is 13.8 Å². The molecular weight excluding hydrogens is 406 g/mol. The number of aryl methyl sites for hydroxylation is 2. The summed E-state index contributed by atoms with van der Waals surface area (Å²) in [4.78, 5) is 38.8. The van der Waals surface area contributed by atoms with Crippen molar-refractivity contribution >= 4 is 40.6 Å². The summed E-state index contributed by atoms with van der Waals surface area (Å²) in [6, 6.07) is 5.56. The van der Waals surface area contributed by atoms with Crippen molar-refractivity contribution in [2.45, 2.75) is 32.8 Å². The van der Waals surface area contributed by atoms with Crippen molar-refractivity contribution in [2.24, 2.45) is 5.73 Å². The third-order valence-electron chi connectivity index (χ3n) is 4.90. The van der Waals surface area contributed by atoms with Crippen LogP contribution in [-0.2, 0) is 9.53 Å². The van der Waals surface area contributed by atoms with Gasteiger partial charge in [-0.2, -0.15) is 4.37 Å². The molecule has 3 rings (SSSR count). The molecule has 2 heterocycles. The average molecular weight is 432 g/mol. The number of ether oxygens (including phenoxy) is 1. The Bertz CT molecular complexity index is 968. The van der Waals surface area contributed by atoms with Crippen LogP contribution in [0.1, 0.15) is 44.1 Å². The first-order valence-corrected chi connectivity index (χ1v) is 10.4. The highest BCUT2D eigenvalue weighted by Gasteiger charge is 2.28. The molecule has 1 aliphatic rings. The standard InChI is InChI=1S/C20H25N5O4S/c1-11-5-6-14(12(2)8-11)25(10-15(26)23-9-13-4-3-7-29-13)20(28)18-16(21)17(19(22)27)24-30-18/h5-6,8,13H,3-4,7,9-10,21H2,1-2H3,(H2,22,27)(H,23,26). The van der Waals surface area contributed by atoms with Crippen LogP contribution in [0.3, 0.4) is 0 Å². The number of hydrogen-bond acceptors (Lipinski definition) is 7. The van der Waals surface area contributed by atoms with E-state index >= 15 is 0 Å². The molecule has 5 N–H and O–H groups in total. The van der Waals surface area contributed by atoms with Crippen molar-refractivity contribution in [2.75, 3.05) is 30.3 Å². The molecule has 0 spiro atoms. The molecule has 1 atom stereocenters. The van der Waals surface area contributed by atoms with Gasteiger partial charge in [0.05, 0.1) is 11.8 Å². The molecule has 1 aliphatic heterocycles. The molecule has 0 saturated carbocycles. The Morgan fingerprint density at radius 3 is 2.70 bits per heavy atom. The molecule has 2 aromatic rings. The van der Waals surface area contributed by atoms with Crippen LogP contribution in [-0.4, -0.2) is 47.9 Å². The van der Waals surface area contributed by atoms with E-state index in [2.05, 4.69) is 9.69 Å². The quantitative estimate of drug-likeness (QED) is 0.605. The minimum absolute atomic E-state index is 0.00511. The van der Waals surface area contributed by atoms with Crippen molar-refractivity contribution in [1.29, 1.82) is 0 Å². The second-order valence-electron chi connectivity index (χ2n) is 7.26. The van der Waals surface area contributed by atoms with Gasteiger partial charge >= 0.3 is 0 Å². The summed E-state index contributed by atoms with van der Waals surface area (Å²) in [5, 5.41) is 2.82. The zero-order chi connectivity index (χ0) is 21.8. The van der Waals surface area contributed by atoms with Gasteiger partial charge in [-0.05, 0) is 49.9 Å². The number of rotatable bonds is 7. The van der Waals surface area contributed by atoms with Crippen molar-refractivity contribution in [3.63, 3.8) is 0 Å². The van der Waals surface area contributed by atoms with Crippen LogP contribution in [0.25, 0.3) is 0 Å². The lowest BCUT2D eigenvalue weighted by Gasteiger charge is -2.24. The van der Waals surface area contributed by atoms with Crippen LogP contribution in [0.15, 0.2) is 18.2 Å². The minimum atomic E-state index is -0.810. The number of benzene rings is 1. The van der Waals surface area contributed by atoms with Crippen molar-refractivity contribution in [3.05, 3.63) is 39.9 Å². The molecule has 9 nitrogen and oxygen atoms in total. The number of amides is 3. The Kier molecular flexibility index (Phi) is 6.68. The van der Waals surface area contributed by atoms with Crippen LogP contribution in [0.2, 0.25) is 0 Å². The van der Waals surface area contributed by atoms with Gasteiger partial charge in [-0.15, -0.1) is 0 Å². The lowest BCUT2D eigenvalue weighted by atomic mass is 10.1. The van der Waals surface area contributed by atoms with E-state index in [1.165, 1.54) is 4.90 Å². The maximum Gasteiger partial charge on any atom is 0.272 e. The van der Waals surface area contributed by atoms with E-state index in [1.807, 2.05) is 26.0 Å². The number of aromatic nitrogens is 1. The first-order chi connectivity index (χ1) is 14.3. The number of nitrogens with two attached hydrogens (primary N) is 2. The van der Waals surface area contributed by atoms with Crippen LogP contribution < -0.4 is 21.7 Å². The molecule has 1 unspecified atom stereocenters. The van der Waals surface area contributed by atoms with Gasteiger partial charge in [0.15, 0.2) is 5.69 Å². The van der Waals surface area contributed by atoms with Gasteiger partial charge in [0.25, 0.3) is 11.8 Å². The van der Waals surface area contributed by atoms with Crippen molar-refractivity contribution in [1.82, 2.24) is 9.69 Å². The number of nitrogens with one attached hydrogen (secondary N) is 1. The molecule has 0 aliphatic carbocycles. The van der Waals surface area contributed by atoms with Gasteiger partial charge in [0.1, 0.15) is 11.4 Å². The maximum absolute atomic E-state index is 13.3. The Balaban J connectivity index is 1.86. The van der Waals surface area contributed by atoms with Gasteiger partial charge in [0, 0.05) is 18.8 Å². The van der Waals surface area contributed by atoms with E-state index in [-0.39, 0.29) is 34.8 Å². The molecule has 1 fully saturated rings. The largest absolute Gasteiger partial charge is 0.395 e. The fourth-order valence-corrected chi connectivity index (χ4v) is 4.11. The van der Waals surface area contributed by atoms with Crippen LogP contribution >= 0.6 is 11.5 Å². The number of carbonyl (C=O) groups excluding carboxylic acids is 3. The number of carbonyl (C=O) groups is 3. The van der Waals surface area contributed by atoms with Crippen LogP contribution in [0.5, 0.6) is 0 Å². The van der Waals surface area contributed by atoms with E-state index in [0.29, 0.717) is 18.8 Å². The summed E-state index contributed by atoms with van der Waals surface area (Å²) >= 11 is 0.787. The Morgan fingerprint density at radius 2 is 2.10 bits per heavy atom. The highest BCUT2D eigenvalue weighted by atomic mass is 32.1. The first-order valence-electron chi connectivity index (χ1n) is 9.60. The van der Waals surface area contributed by atoms with Gasteiger partial charge in [-0.1, -0.05) is 17.7 Å². The van der Waals surface area contributed by atoms with Crippen molar-refractivity contribution in [3.8, 4) is 0 Å². The number of nitrogens with zero attached hydrogens (tertiary/aromatic N) is 2. The van der Waals surface area contributed by atoms with Crippen LogP contribution in [0.4, 0.5) is 11.4 Å². The zero-order valence-corrected chi connectivity index (χ0v) is 17.8. The van der Waals surface area contributed by atoms with E-state index < -0.39 is 11.8 Å². The number of primary amides is 1. The summed E-state index contributed by atoms with van der Waals surface area (Å²) in [6.07, 6.45) is 1.86. The summed E-state index contributed by atoms with van der Waals surface area (Å²) in [7, 11) is 0. The highest BCUT2D eigenvalue weighted by molar-refractivity contribution is 7.09. The second kappa shape index (κ2) is 9.23. The maximum atomic E-state index is 13.3. The molecule has 0 radical (unpaired) electrons. The molecule has 1 aromatic heterocycles. The summed E-state index contributed by atoms with van der Waals surface area (Å²) in [5.74, 6) is -1.65. The fourth-order valence-electron chi connectivity index (χ4n) is 3.36. The molecule has 10 heteroatoms. The third kappa shape index (κ3) is 4.77. The topological polar surface area (TPSA) is 141 Å². The minimum Gasteiger partial charge on any atom is -0.395 e. The van der Waals surface area contributed by atoms with Gasteiger partial charge < -0.3 is 21.5 Å². The van der Waals surface area contributed by atoms with E-state index in [1.54, 1.807) is 6.07 Å². The highest BCUT2D eigenvalue weighted by Crippen LogP contribution is 2.28. The summed E-state index contributed by atoms with van der Waals surface area (Å²) in [5.41, 5.74) is 13.4. The Morgan fingerprint density at radius 1 is 1.33 bits per heavy atom. The van der Waals surface area contributed by atoms with Gasteiger partial charge in [-0.3, -0.25) is 19.3 Å². The predicted molar refractivity (Wildman–Crippen MR) is 115 cm³/mol. The van der Waals surface area contributed by atoms with Crippen molar-refractivity contribution < 1.29 is 19.1 Å². The first kappa shape index (κ1) is 21.7.